The first-order valence-electron chi connectivity index (χ1n) is 6.42. The average molecular weight is 311 g/mol. The molecule has 0 aromatic heterocycles. The fraction of sp³-hybridized carbons (Fsp3) is 0.357. The molecule has 1 aromatic carbocycles. The number of allylic oxidation sites excluding steroid dienone is 1. The van der Waals surface area contributed by atoms with E-state index >= 15 is 0 Å². The van der Waals surface area contributed by atoms with Crippen LogP contribution in [0.3, 0.4) is 0 Å². The second-order valence-corrected chi connectivity index (χ2v) is 7.28. The molecule has 0 aliphatic rings. The number of hydrogen-bond donors (Lipinski definition) is 3. The first-order valence-corrected chi connectivity index (χ1v) is 7.96. The van der Waals surface area contributed by atoms with Crippen LogP contribution in [-0.2, 0) is 16.6 Å². The van der Waals surface area contributed by atoms with E-state index in [1.54, 1.807) is 18.3 Å². The molecular weight excluding hydrogens is 290 g/mol. The van der Waals surface area contributed by atoms with Gasteiger partial charge in [-0.3, -0.25) is 0 Å². The molecule has 1 aromatic rings. The Kier molecular flexibility index (Phi) is 5.51. The van der Waals surface area contributed by atoms with Gasteiger partial charge in [-0.2, -0.15) is 0 Å². The van der Waals surface area contributed by atoms with Gasteiger partial charge < -0.3 is 10.6 Å². The maximum atomic E-state index is 11.5. The van der Waals surface area contributed by atoms with Crippen molar-refractivity contribution in [2.75, 3.05) is 0 Å². The number of sulfonamides is 1. The number of carbonyl (C=O) groups is 1. The Hall–Kier alpha value is -1.86. The molecule has 0 radical (unpaired) electrons. The number of hydrogen-bond acceptors (Lipinski definition) is 3. The fourth-order valence-electron chi connectivity index (χ4n) is 1.40. The van der Waals surface area contributed by atoms with Crippen molar-refractivity contribution < 1.29 is 13.2 Å². The van der Waals surface area contributed by atoms with Crippen LogP contribution in [0, 0.1) is 5.41 Å². The van der Waals surface area contributed by atoms with E-state index in [0.717, 1.165) is 5.56 Å². The van der Waals surface area contributed by atoms with E-state index in [9.17, 15) is 13.2 Å². The molecule has 0 aliphatic heterocycles. The van der Waals surface area contributed by atoms with E-state index in [1.165, 1.54) is 12.1 Å². The summed E-state index contributed by atoms with van der Waals surface area (Å²) in [5.74, 6) is 0. The summed E-state index contributed by atoms with van der Waals surface area (Å²) in [5, 5.41) is 10.3. The van der Waals surface area contributed by atoms with Crippen LogP contribution in [0.15, 0.2) is 41.4 Å². The summed E-state index contributed by atoms with van der Waals surface area (Å²) < 4.78 is 22.2. The van der Waals surface area contributed by atoms with Gasteiger partial charge in [-0.05, 0) is 23.1 Å². The zero-order valence-electron chi connectivity index (χ0n) is 12.4. The third kappa shape index (κ3) is 6.92. The van der Waals surface area contributed by atoms with Crippen molar-refractivity contribution in [3.8, 4) is 0 Å². The summed E-state index contributed by atoms with van der Waals surface area (Å²) in [7, 11) is -3.69. The minimum Gasteiger partial charge on any atom is -0.334 e. The SMILES string of the molecule is CC(C)(C)/C=C/NC(=O)NCc1ccc(S(N)(=O)=O)cc1. The number of amides is 2. The summed E-state index contributed by atoms with van der Waals surface area (Å²) in [5.41, 5.74) is 0.772. The van der Waals surface area contributed by atoms with Crippen LogP contribution >= 0.6 is 0 Å². The van der Waals surface area contributed by atoms with Gasteiger partial charge in [0.15, 0.2) is 0 Å². The minimum absolute atomic E-state index is 0.00315. The highest BCUT2D eigenvalue weighted by molar-refractivity contribution is 7.89. The Labute approximate surface area is 125 Å². The van der Waals surface area contributed by atoms with Gasteiger partial charge in [-0.25, -0.2) is 18.4 Å². The number of nitrogens with one attached hydrogen (secondary N) is 2. The third-order valence-electron chi connectivity index (χ3n) is 2.50. The lowest BCUT2D eigenvalue weighted by molar-refractivity contribution is 0.243. The van der Waals surface area contributed by atoms with Crippen LogP contribution in [-0.4, -0.2) is 14.4 Å². The number of nitrogens with two attached hydrogens (primary N) is 1. The molecule has 2 amide bonds. The van der Waals surface area contributed by atoms with Crippen molar-refractivity contribution in [1.82, 2.24) is 10.6 Å². The number of benzene rings is 1. The first kappa shape index (κ1) is 17.2. The Morgan fingerprint density at radius 3 is 2.29 bits per heavy atom. The summed E-state index contributed by atoms with van der Waals surface area (Å²) in [6, 6.07) is 5.69. The third-order valence-corrected chi connectivity index (χ3v) is 3.43. The molecule has 7 heteroatoms. The number of urea groups is 1. The Morgan fingerprint density at radius 2 is 1.81 bits per heavy atom. The van der Waals surface area contributed by atoms with E-state index < -0.39 is 10.0 Å². The van der Waals surface area contributed by atoms with Crippen LogP contribution in [0.5, 0.6) is 0 Å². The van der Waals surface area contributed by atoms with Crippen molar-refractivity contribution in [2.24, 2.45) is 10.6 Å². The summed E-state index contributed by atoms with van der Waals surface area (Å²) in [6.07, 6.45) is 3.48. The van der Waals surface area contributed by atoms with Gasteiger partial charge in [-0.15, -0.1) is 0 Å². The van der Waals surface area contributed by atoms with Gasteiger partial charge >= 0.3 is 6.03 Å². The average Bonchev–Trinajstić information content (AvgIpc) is 2.34. The molecule has 6 nitrogen and oxygen atoms in total. The zero-order valence-corrected chi connectivity index (χ0v) is 13.2. The van der Waals surface area contributed by atoms with Gasteiger partial charge in [0.25, 0.3) is 0 Å². The molecule has 0 unspecified atom stereocenters. The van der Waals surface area contributed by atoms with Crippen molar-refractivity contribution >= 4 is 16.1 Å². The maximum absolute atomic E-state index is 11.5. The van der Waals surface area contributed by atoms with Crippen molar-refractivity contribution in [2.45, 2.75) is 32.2 Å². The highest BCUT2D eigenvalue weighted by atomic mass is 32.2. The highest BCUT2D eigenvalue weighted by Crippen LogP contribution is 2.13. The molecular formula is C14H21N3O3S. The standard InChI is InChI=1S/C14H21N3O3S/c1-14(2,3)8-9-16-13(18)17-10-11-4-6-12(7-5-11)21(15,19)20/h4-9H,10H2,1-3H3,(H2,15,19,20)(H2,16,17,18)/b9-8+. The Bertz CT molecular complexity index is 614. The zero-order chi connectivity index (χ0) is 16.1. The summed E-state index contributed by atoms with van der Waals surface area (Å²) in [4.78, 5) is 11.6. The summed E-state index contributed by atoms with van der Waals surface area (Å²) in [6.45, 7) is 6.36. The molecule has 1 rings (SSSR count). The lowest BCUT2D eigenvalue weighted by Gasteiger charge is -2.11. The van der Waals surface area contributed by atoms with Crippen molar-refractivity contribution in [3.05, 3.63) is 42.1 Å². The predicted molar refractivity (Wildman–Crippen MR) is 81.8 cm³/mol. The van der Waals surface area contributed by atoms with Gasteiger partial charge in [0.05, 0.1) is 4.90 Å². The van der Waals surface area contributed by atoms with E-state index in [4.69, 9.17) is 5.14 Å². The molecule has 21 heavy (non-hydrogen) atoms. The molecule has 116 valence electrons. The Balaban J connectivity index is 2.49. The molecule has 0 saturated carbocycles. The van der Waals surface area contributed by atoms with Crippen LogP contribution in [0.1, 0.15) is 26.3 Å². The van der Waals surface area contributed by atoms with E-state index in [1.807, 2.05) is 26.8 Å². The molecule has 0 saturated heterocycles. The van der Waals surface area contributed by atoms with Crippen LogP contribution in [0.4, 0.5) is 4.79 Å². The topological polar surface area (TPSA) is 101 Å². The number of carbonyl (C=O) groups excluding carboxylic acids is 1. The fourth-order valence-corrected chi connectivity index (χ4v) is 1.91. The lowest BCUT2D eigenvalue weighted by atomic mass is 9.97. The monoisotopic (exact) mass is 311 g/mol. The second-order valence-electron chi connectivity index (χ2n) is 5.72. The molecule has 4 N–H and O–H groups in total. The minimum atomic E-state index is -3.69. The largest absolute Gasteiger partial charge is 0.334 e. The molecule has 0 heterocycles. The summed E-state index contributed by atoms with van der Waals surface area (Å²) >= 11 is 0. The molecule has 0 bridgehead atoms. The lowest BCUT2D eigenvalue weighted by Crippen LogP contribution is -2.31. The van der Waals surface area contributed by atoms with Crippen molar-refractivity contribution in [1.29, 1.82) is 0 Å². The predicted octanol–water partition coefficient (Wildman–Crippen LogP) is 1.69. The quantitative estimate of drug-likeness (QED) is 0.788. The van der Waals surface area contributed by atoms with Crippen LogP contribution < -0.4 is 15.8 Å². The number of rotatable bonds is 4. The van der Waals surface area contributed by atoms with E-state index in [2.05, 4.69) is 10.6 Å². The van der Waals surface area contributed by atoms with E-state index in [-0.39, 0.29) is 16.3 Å². The Morgan fingerprint density at radius 1 is 1.24 bits per heavy atom. The maximum Gasteiger partial charge on any atom is 0.319 e. The second kappa shape index (κ2) is 6.73. The normalized spacial score (nSPS) is 12.4. The van der Waals surface area contributed by atoms with Gasteiger partial charge in [0.1, 0.15) is 0 Å². The molecule has 0 atom stereocenters. The highest BCUT2D eigenvalue weighted by Gasteiger charge is 2.07. The smallest absolute Gasteiger partial charge is 0.319 e. The van der Waals surface area contributed by atoms with Crippen LogP contribution in [0.25, 0.3) is 0 Å². The van der Waals surface area contributed by atoms with Crippen LogP contribution in [0.2, 0.25) is 0 Å². The van der Waals surface area contributed by atoms with Crippen molar-refractivity contribution in [3.63, 3.8) is 0 Å². The molecule has 0 spiro atoms. The number of primary sulfonamides is 1. The first-order chi connectivity index (χ1) is 9.58. The van der Waals surface area contributed by atoms with E-state index in [0.29, 0.717) is 6.54 Å². The van der Waals surface area contributed by atoms with Gasteiger partial charge in [0, 0.05) is 12.7 Å². The molecule has 0 fully saturated rings. The van der Waals surface area contributed by atoms with Gasteiger partial charge in [0.2, 0.25) is 10.0 Å². The van der Waals surface area contributed by atoms with Gasteiger partial charge in [-0.1, -0.05) is 39.0 Å². The molecule has 0 aliphatic carbocycles.